The van der Waals surface area contributed by atoms with Crippen LogP contribution in [-0.4, -0.2) is 9.97 Å². The third kappa shape index (κ3) is 2.19. The molecule has 0 fully saturated rings. The van der Waals surface area contributed by atoms with Gasteiger partial charge in [0.2, 0.25) is 0 Å². The Hall–Kier alpha value is -3.30. The van der Waals surface area contributed by atoms with E-state index >= 15 is 0 Å². The van der Waals surface area contributed by atoms with E-state index in [1.165, 1.54) is 37.2 Å². The van der Waals surface area contributed by atoms with Crippen molar-refractivity contribution in [2.24, 2.45) is 0 Å². The monoisotopic (exact) mass is 362 g/mol. The lowest BCUT2D eigenvalue weighted by atomic mass is 10.0. The summed E-state index contributed by atoms with van der Waals surface area (Å²) < 4.78 is 1.25. The van der Waals surface area contributed by atoms with Gasteiger partial charge < -0.3 is 0 Å². The fraction of sp³-hybridized carbons (Fsp3) is 0. The molecule has 0 aliphatic carbocycles. The van der Waals surface area contributed by atoms with Crippen molar-refractivity contribution in [1.29, 1.82) is 0 Å². The Labute approximate surface area is 159 Å². The molecule has 3 heteroatoms. The highest BCUT2D eigenvalue weighted by Gasteiger charge is 2.12. The Balaban J connectivity index is 1.64. The van der Waals surface area contributed by atoms with Crippen LogP contribution >= 0.6 is 11.3 Å². The SMILES string of the molecule is c1ccc2c(c1)ccc1nc(-c3cccc4c3sc3ncccc34)ccc12. The lowest BCUT2D eigenvalue weighted by Gasteiger charge is -2.07. The van der Waals surface area contributed by atoms with Gasteiger partial charge in [-0.3, -0.25) is 0 Å². The minimum Gasteiger partial charge on any atom is -0.248 e. The summed E-state index contributed by atoms with van der Waals surface area (Å²) in [6.07, 6.45) is 1.86. The highest BCUT2D eigenvalue weighted by molar-refractivity contribution is 7.26. The van der Waals surface area contributed by atoms with Gasteiger partial charge in [-0.15, -0.1) is 11.3 Å². The maximum Gasteiger partial charge on any atom is 0.124 e. The van der Waals surface area contributed by atoms with Gasteiger partial charge in [0.25, 0.3) is 0 Å². The van der Waals surface area contributed by atoms with Crippen LogP contribution in [0.3, 0.4) is 0 Å². The van der Waals surface area contributed by atoms with Crippen LogP contribution in [0.15, 0.2) is 85.1 Å². The number of fused-ring (bicyclic) bond motifs is 6. The van der Waals surface area contributed by atoms with Gasteiger partial charge in [-0.05, 0) is 35.0 Å². The Kier molecular flexibility index (Phi) is 3.07. The summed E-state index contributed by atoms with van der Waals surface area (Å²) in [5.41, 5.74) is 3.21. The normalized spacial score (nSPS) is 11.7. The summed E-state index contributed by atoms with van der Waals surface area (Å²) in [7, 11) is 0. The molecular formula is C24H14N2S. The maximum absolute atomic E-state index is 5.00. The van der Waals surface area contributed by atoms with Gasteiger partial charge >= 0.3 is 0 Å². The topological polar surface area (TPSA) is 25.8 Å². The molecule has 0 atom stereocenters. The van der Waals surface area contributed by atoms with Crippen LogP contribution in [-0.2, 0) is 0 Å². The third-order valence-corrected chi connectivity index (χ3v) is 6.31. The molecule has 6 rings (SSSR count). The van der Waals surface area contributed by atoms with E-state index in [2.05, 4.69) is 77.8 Å². The molecule has 2 nitrogen and oxygen atoms in total. The second-order valence-electron chi connectivity index (χ2n) is 6.69. The van der Waals surface area contributed by atoms with Crippen LogP contribution in [0.25, 0.3) is 53.2 Å². The highest BCUT2D eigenvalue weighted by Crippen LogP contribution is 2.39. The van der Waals surface area contributed by atoms with Crippen LogP contribution in [0.4, 0.5) is 0 Å². The minimum atomic E-state index is 1.01. The lowest BCUT2D eigenvalue weighted by molar-refractivity contribution is 1.42. The fourth-order valence-corrected chi connectivity index (χ4v) is 5.04. The van der Waals surface area contributed by atoms with Crippen LogP contribution < -0.4 is 0 Å². The second-order valence-corrected chi connectivity index (χ2v) is 7.69. The Morgan fingerprint density at radius 3 is 2.52 bits per heavy atom. The van der Waals surface area contributed by atoms with E-state index in [9.17, 15) is 0 Å². The number of pyridine rings is 2. The molecule has 0 aliphatic rings. The molecule has 3 aromatic heterocycles. The van der Waals surface area contributed by atoms with E-state index in [0.717, 1.165) is 16.0 Å². The van der Waals surface area contributed by atoms with Crippen molar-refractivity contribution in [2.75, 3.05) is 0 Å². The molecule has 0 spiro atoms. The summed E-state index contributed by atoms with van der Waals surface area (Å²) in [6, 6.07) is 27.7. The molecular weight excluding hydrogens is 348 g/mol. The van der Waals surface area contributed by atoms with Gasteiger partial charge in [0.15, 0.2) is 0 Å². The molecule has 27 heavy (non-hydrogen) atoms. The maximum atomic E-state index is 5.00. The molecule has 3 heterocycles. The standard InChI is InChI=1S/C24H14N2S/c1-2-6-16-15(5-1)10-12-21-17(16)11-13-22(26-21)20-8-3-7-18-19-9-4-14-25-24(19)27-23(18)20/h1-14H. The average molecular weight is 362 g/mol. The summed E-state index contributed by atoms with van der Waals surface area (Å²) in [5, 5.41) is 6.16. The lowest BCUT2D eigenvalue weighted by Crippen LogP contribution is -1.86. The Bertz CT molecular complexity index is 1480. The summed E-state index contributed by atoms with van der Waals surface area (Å²) >= 11 is 1.74. The van der Waals surface area contributed by atoms with Crippen molar-refractivity contribution in [3.8, 4) is 11.3 Å². The second kappa shape index (κ2) is 5.60. The van der Waals surface area contributed by atoms with E-state index in [1.54, 1.807) is 11.3 Å². The van der Waals surface area contributed by atoms with Gasteiger partial charge in [-0.2, -0.15) is 0 Å². The van der Waals surface area contributed by atoms with Gasteiger partial charge in [-0.25, -0.2) is 9.97 Å². The van der Waals surface area contributed by atoms with Gasteiger partial charge in [-0.1, -0.05) is 54.6 Å². The van der Waals surface area contributed by atoms with Gasteiger partial charge in [0, 0.05) is 32.6 Å². The predicted octanol–water partition coefficient (Wildman–Crippen LogP) is 6.82. The molecule has 0 N–H and O–H groups in total. The number of nitrogens with zero attached hydrogens (tertiary/aromatic N) is 2. The first-order valence-corrected chi connectivity index (χ1v) is 9.75. The number of benzene rings is 3. The highest BCUT2D eigenvalue weighted by atomic mass is 32.1. The smallest absolute Gasteiger partial charge is 0.124 e. The summed E-state index contributed by atoms with van der Waals surface area (Å²) in [5.74, 6) is 0. The van der Waals surface area contributed by atoms with Gasteiger partial charge in [0.1, 0.15) is 4.83 Å². The Morgan fingerprint density at radius 2 is 1.52 bits per heavy atom. The molecule has 6 aromatic rings. The number of hydrogen-bond acceptors (Lipinski definition) is 3. The van der Waals surface area contributed by atoms with Crippen molar-refractivity contribution in [3.63, 3.8) is 0 Å². The zero-order valence-corrected chi connectivity index (χ0v) is 15.2. The molecule has 0 unspecified atom stereocenters. The number of aromatic nitrogens is 2. The van der Waals surface area contributed by atoms with E-state index in [0.29, 0.717) is 0 Å². The molecule has 0 bridgehead atoms. The third-order valence-electron chi connectivity index (χ3n) is 5.15. The fourth-order valence-electron chi connectivity index (χ4n) is 3.87. The largest absolute Gasteiger partial charge is 0.248 e. The zero-order chi connectivity index (χ0) is 17.8. The van der Waals surface area contributed by atoms with Crippen LogP contribution in [0.1, 0.15) is 0 Å². The summed E-state index contributed by atoms with van der Waals surface area (Å²) in [4.78, 5) is 10.6. The molecule has 0 radical (unpaired) electrons. The van der Waals surface area contributed by atoms with Crippen LogP contribution in [0.2, 0.25) is 0 Å². The van der Waals surface area contributed by atoms with Crippen molar-refractivity contribution >= 4 is 53.3 Å². The van der Waals surface area contributed by atoms with E-state index < -0.39 is 0 Å². The first kappa shape index (κ1) is 14.8. The number of rotatable bonds is 1. The molecule has 0 saturated carbocycles. The molecule has 126 valence electrons. The van der Waals surface area contributed by atoms with Crippen molar-refractivity contribution in [2.45, 2.75) is 0 Å². The number of thiophene rings is 1. The number of hydrogen-bond donors (Lipinski definition) is 0. The first-order chi connectivity index (χ1) is 13.4. The van der Waals surface area contributed by atoms with Crippen LogP contribution in [0.5, 0.6) is 0 Å². The molecule has 0 saturated heterocycles. The average Bonchev–Trinajstić information content (AvgIpc) is 3.12. The van der Waals surface area contributed by atoms with Crippen molar-refractivity contribution in [3.05, 3.63) is 85.1 Å². The van der Waals surface area contributed by atoms with E-state index in [-0.39, 0.29) is 0 Å². The van der Waals surface area contributed by atoms with E-state index in [1.807, 2.05) is 12.3 Å². The molecule has 3 aromatic carbocycles. The molecule has 0 aliphatic heterocycles. The predicted molar refractivity (Wildman–Crippen MR) is 115 cm³/mol. The van der Waals surface area contributed by atoms with Crippen molar-refractivity contribution < 1.29 is 0 Å². The quantitative estimate of drug-likeness (QED) is 0.300. The minimum absolute atomic E-state index is 1.01. The first-order valence-electron chi connectivity index (χ1n) is 8.94. The van der Waals surface area contributed by atoms with Crippen molar-refractivity contribution in [1.82, 2.24) is 9.97 Å². The van der Waals surface area contributed by atoms with Crippen LogP contribution in [0, 0.1) is 0 Å². The van der Waals surface area contributed by atoms with Gasteiger partial charge in [0.05, 0.1) is 11.2 Å². The summed E-state index contributed by atoms with van der Waals surface area (Å²) in [6.45, 7) is 0. The zero-order valence-electron chi connectivity index (χ0n) is 14.4. The Morgan fingerprint density at radius 1 is 0.630 bits per heavy atom. The van der Waals surface area contributed by atoms with E-state index in [4.69, 9.17) is 4.98 Å². The molecule has 0 amide bonds.